The number of ether oxygens (including phenoxy) is 1. The topological polar surface area (TPSA) is 108 Å². The molecule has 4 rings (SSSR count). The zero-order valence-corrected chi connectivity index (χ0v) is 19.4. The van der Waals surface area contributed by atoms with Gasteiger partial charge in [-0.05, 0) is 55.0 Å². The van der Waals surface area contributed by atoms with Gasteiger partial charge < -0.3 is 19.7 Å². The number of rotatable bonds is 7. The number of benzene rings is 1. The number of nitrogens with zero attached hydrogens (tertiary/aromatic N) is 2. The lowest BCUT2D eigenvalue weighted by atomic mass is 9.83. The Morgan fingerprint density at radius 2 is 2.16 bits per heavy atom. The molecule has 1 amide bonds. The molecule has 1 aliphatic rings. The van der Waals surface area contributed by atoms with E-state index in [9.17, 15) is 14.7 Å². The first-order chi connectivity index (χ1) is 15.5. The van der Waals surface area contributed by atoms with E-state index >= 15 is 0 Å². The smallest absolute Gasteiger partial charge is 0.341 e. The summed E-state index contributed by atoms with van der Waals surface area (Å²) in [5.41, 5.74) is 2.70. The van der Waals surface area contributed by atoms with E-state index in [1.165, 1.54) is 21.6 Å². The molecule has 0 saturated heterocycles. The van der Waals surface area contributed by atoms with Crippen molar-refractivity contribution < 1.29 is 28.6 Å². The second-order valence-corrected chi connectivity index (χ2v) is 9.47. The van der Waals surface area contributed by atoms with Gasteiger partial charge in [-0.2, -0.15) is 0 Å². The van der Waals surface area contributed by atoms with Crippen molar-refractivity contribution in [3.8, 4) is 5.95 Å². The molecule has 1 aliphatic carbocycles. The Morgan fingerprint density at radius 1 is 1.38 bits per heavy atom. The summed E-state index contributed by atoms with van der Waals surface area (Å²) in [5.74, 6) is -0.962. The van der Waals surface area contributed by atoms with E-state index in [0.29, 0.717) is 16.5 Å². The highest BCUT2D eigenvalue weighted by molar-refractivity contribution is 7.99. The van der Waals surface area contributed by atoms with Gasteiger partial charge in [0.1, 0.15) is 5.00 Å². The normalized spacial score (nSPS) is 15.2. The number of aromatic nitrogens is 2. The van der Waals surface area contributed by atoms with Crippen LogP contribution in [0, 0.1) is 0 Å². The van der Waals surface area contributed by atoms with Crippen LogP contribution in [0.2, 0.25) is 0 Å². The van der Waals surface area contributed by atoms with Gasteiger partial charge in [-0.25, -0.2) is 4.79 Å². The van der Waals surface area contributed by atoms with Crippen LogP contribution in [0.4, 0.5) is 5.00 Å². The molecule has 10 heteroatoms. The second kappa shape index (κ2) is 9.74. The lowest BCUT2D eigenvalue weighted by molar-refractivity contribution is -0.772. The molecular formula is C22H23N3O5S2. The molecule has 0 radical (unpaired) electrons. The predicted octanol–water partition coefficient (Wildman–Crippen LogP) is 2.81. The molecule has 0 aliphatic heterocycles. The van der Waals surface area contributed by atoms with Crippen LogP contribution < -0.4 is 15.1 Å². The number of anilines is 1. The fourth-order valence-electron chi connectivity index (χ4n) is 3.86. The number of carbonyl (C=O) groups is 2. The third kappa shape index (κ3) is 4.66. The van der Waals surface area contributed by atoms with E-state index in [-0.39, 0.29) is 23.3 Å². The van der Waals surface area contributed by atoms with Gasteiger partial charge in [0.15, 0.2) is 13.0 Å². The zero-order valence-electron chi connectivity index (χ0n) is 17.8. The van der Waals surface area contributed by atoms with Gasteiger partial charge in [0, 0.05) is 4.88 Å². The number of hydrogen-bond acceptors (Lipinski definition) is 8. The van der Waals surface area contributed by atoms with Gasteiger partial charge in [-0.1, -0.05) is 35.0 Å². The maximum Gasteiger partial charge on any atom is 0.341 e. The summed E-state index contributed by atoms with van der Waals surface area (Å²) >= 11 is 2.47. The molecule has 2 aromatic heterocycles. The maximum atomic E-state index is 12.7. The van der Waals surface area contributed by atoms with E-state index in [1.54, 1.807) is 14.0 Å². The lowest BCUT2D eigenvalue weighted by Gasteiger charge is -2.23. The average molecular weight is 474 g/mol. The molecule has 3 aromatic rings. The molecule has 0 fully saturated rings. The lowest BCUT2D eigenvalue weighted by Crippen LogP contribution is -2.32. The van der Waals surface area contributed by atoms with E-state index < -0.39 is 11.9 Å². The van der Waals surface area contributed by atoms with Gasteiger partial charge in [0.25, 0.3) is 5.03 Å². The fourth-order valence-corrected chi connectivity index (χ4v) is 5.91. The summed E-state index contributed by atoms with van der Waals surface area (Å²) < 4.78 is 11.1. The molecule has 1 aromatic carbocycles. The van der Waals surface area contributed by atoms with Crippen LogP contribution >= 0.6 is 23.1 Å². The highest BCUT2D eigenvalue weighted by Gasteiger charge is 2.31. The number of esters is 1. The van der Waals surface area contributed by atoms with Crippen LogP contribution in [0.3, 0.4) is 0 Å². The minimum absolute atomic E-state index is 0.0121. The maximum absolute atomic E-state index is 12.7. The summed E-state index contributed by atoms with van der Waals surface area (Å²) in [6.45, 7) is 2.02. The summed E-state index contributed by atoms with van der Waals surface area (Å²) in [4.78, 5) is 26.5. The van der Waals surface area contributed by atoms with Crippen LogP contribution in [-0.2, 0) is 29.4 Å². The molecule has 0 spiro atoms. The Balaban J connectivity index is 1.54. The largest absolute Gasteiger partial charge is 0.538 e. The summed E-state index contributed by atoms with van der Waals surface area (Å²) in [7, 11) is 1.57. The van der Waals surface area contributed by atoms with Gasteiger partial charge in [-0.3, -0.25) is 4.79 Å². The third-order valence-electron chi connectivity index (χ3n) is 5.32. The molecule has 0 bridgehead atoms. The van der Waals surface area contributed by atoms with Crippen molar-refractivity contribution in [2.24, 2.45) is 7.05 Å². The van der Waals surface area contributed by atoms with Crippen LogP contribution in [0.25, 0.3) is 0 Å². The number of aryl methyl sites for hydroxylation is 1. The predicted molar refractivity (Wildman–Crippen MR) is 118 cm³/mol. The monoisotopic (exact) mass is 473 g/mol. The van der Waals surface area contributed by atoms with Crippen molar-refractivity contribution in [3.05, 3.63) is 51.9 Å². The first-order valence-corrected chi connectivity index (χ1v) is 12.1. The standard InChI is InChI=1S/C22H23N3O5S2/c1-3-29-21(27)18-15-10-9-14(13-7-5-4-6-8-13)11-16(15)32-19(18)23-17(26)12-31-20-22(28)30-24-25(20)2/h4-8,14H,3,9-12H2,1-2H3,(H-,23,24,26,27,28). The first kappa shape index (κ1) is 22.3. The fraction of sp³-hybridized carbons (Fsp3) is 0.364. The van der Waals surface area contributed by atoms with Gasteiger partial charge in [0.05, 0.1) is 23.2 Å². The Morgan fingerprint density at radius 3 is 2.84 bits per heavy atom. The van der Waals surface area contributed by atoms with Crippen molar-refractivity contribution in [2.45, 2.75) is 37.1 Å². The molecular weight excluding hydrogens is 450 g/mol. The van der Waals surface area contributed by atoms with Crippen molar-refractivity contribution in [2.75, 3.05) is 17.7 Å². The Hall–Kier alpha value is -2.85. The van der Waals surface area contributed by atoms with Gasteiger partial charge in [0.2, 0.25) is 5.91 Å². The van der Waals surface area contributed by atoms with Crippen LogP contribution in [0.15, 0.2) is 39.9 Å². The highest BCUT2D eigenvalue weighted by atomic mass is 32.2. The Kier molecular flexibility index (Phi) is 6.80. The molecule has 2 heterocycles. The third-order valence-corrected chi connectivity index (χ3v) is 7.60. The highest BCUT2D eigenvalue weighted by Crippen LogP contribution is 2.43. The van der Waals surface area contributed by atoms with Crippen molar-refractivity contribution >= 4 is 40.0 Å². The van der Waals surface area contributed by atoms with E-state index in [0.717, 1.165) is 41.5 Å². The second-order valence-electron chi connectivity index (χ2n) is 7.40. The minimum Gasteiger partial charge on any atom is -0.538 e. The van der Waals surface area contributed by atoms with Crippen LogP contribution in [0.5, 0.6) is 5.95 Å². The van der Waals surface area contributed by atoms with Gasteiger partial charge in [-0.15, -0.1) is 11.3 Å². The van der Waals surface area contributed by atoms with Gasteiger partial charge >= 0.3 is 5.97 Å². The van der Waals surface area contributed by atoms with Crippen molar-refractivity contribution in [1.29, 1.82) is 0 Å². The van der Waals surface area contributed by atoms with Crippen molar-refractivity contribution in [1.82, 2.24) is 5.27 Å². The molecule has 1 N–H and O–H groups in total. The number of thioether (sulfide) groups is 1. The number of carbonyl (C=O) groups excluding carboxylic acids is 2. The Bertz CT molecular complexity index is 1110. The number of hydrogen-bond donors (Lipinski definition) is 1. The van der Waals surface area contributed by atoms with Crippen LogP contribution in [-0.4, -0.2) is 29.5 Å². The number of thiophene rings is 1. The van der Waals surface area contributed by atoms with E-state index in [4.69, 9.17) is 4.74 Å². The average Bonchev–Trinajstić information content (AvgIpc) is 3.31. The molecule has 0 saturated carbocycles. The number of fused-ring (bicyclic) bond motifs is 1. The summed E-state index contributed by atoms with van der Waals surface area (Å²) in [6.07, 6.45) is 2.50. The van der Waals surface area contributed by atoms with Crippen molar-refractivity contribution in [3.63, 3.8) is 0 Å². The first-order valence-electron chi connectivity index (χ1n) is 10.3. The quantitative estimate of drug-likeness (QED) is 0.319. The SMILES string of the molecule is CCOC(=O)c1c(NC(=O)CSc2c([O-])on[n+]2C)sc2c1CCC(c1ccccc1)C2. The zero-order chi connectivity index (χ0) is 22.7. The molecule has 32 heavy (non-hydrogen) atoms. The Labute approximate surface area is 193 Å². The molecule has 168 valence electrons. The minimum atomic E-state index is -0.587. The molecule has 8 nitrogen and oxygen atoms in total. The molecule has 1 unspecified atom stereocenters. The summed E-state index contributed by atoms with van der Waals surface area (Å²) in [6, 6.07) is 10.3. The van der Waals surface area contributed by atoms with E-state index in [2.05, 4.69) is 27.2 Å². The van der Waals surface area contributed by atoms with E-state index in [1.807, 2.05) is 18.2 Å². The summed E-state index contributed by atoms with van der Waals surface area (Å²) in [5, 5.41) is 18.8. The molecule has 1 atom stereocenters. The number of nitrogens with one attached hydrogen (secondary N) is 1. The van der Waals surface area contributed by atoms with Crippen LogP contribution in [0.1, 0.15) is 45.6 Å². The number of amides is 1.